The molecular weight excluding hydrogens is 260 g/mol. The summed E-state index contributed by atoms with van der Waals surface area (Å²) in [5.41, 5.74) is 0.807. The van der Waals surface area contributed by atoms with Crippen LogP contribution in [0.25, 0.3) is 0 Å². The Hall–Kier alpha value is -1.00. The van der Waals surface area contributed by atoms with Gasteiger partial charge in [-0.25, -0.2) is 8.78 Å². The molecule has 1 aromatic rings. The molecule has 1 unspecified atom stereocenters. The third kappa shape index (κ3) is 3.01. The first kappa shape index (κ1) is 14.0. The van der Waals surface area contributed by atoms with E-state index in [2.05, 4.69) is 5.32 Å². The van der Waals surface area contributed by atoms with Gasteiger partial charge in [-0.3, -0.25) is 0 Å². The van der Waals surface area contributed by atoms with Gasteiger partial charge in [0.2, 0.25) is 0 Å². The van der Waals surface area contributed by atoms with Crippen molar-refractivity contribution >= 4 is 0 Å². The second-order valence-electron chi connectivity index (χ2n) is 6.19. The number of rotatable bonds is 1. The van der Waals surface area contributed by atoms with Gasteiger partial charge in [0.05, 0.1) is 12.7 Å². The Kier molecular flexibility index (Phi) is 4.03. The largest absolute Gasteiger partial charge is 0.372 e. The summed E-state index contributed by atoms with van der Waals surface area (Å²) >= 11 is 0. The van der Waals surface area contributed by atoms with Gasteiger partial charge in [-0.15, -0.1) is 0 Å². The fourth-order valence-electron chi connectivity index (χ4n) is 3.45. The number of hydrogen-bond donors (Lipinski definition) is 1. The van der Waals surface area contributed by atoms with E-state index in [1.54, 1.807) is 0 Å². The molecule has 1 aromatic carbocycles. The lowest BCUT2D eigenvalue weighted by molar-refractivity contribution is -0.00162. The summed E-state index contributed by atoms with van der Waals surface area (Å²) in [6.45, 7) is 2.24. The van der Waals surface area contributed by atoms with Gasteiger partial charge in [-0.1, -0.05) is 19.3 Å². The van der Waals surface area contributed by atoms with Crippen LogP contribution in [-0.2, 0) is 4.74 Å². The van der Waals surface area contributed by atoms with Gasteiger partial charge in [-0.2, -0.15) is 0 Å². The van der Waals surface area contributed by atoms with Gasteiger partial charge < -0.3 is 10.1 Å². The predicted molar refractivity (Wildman–Crippen MR) is 73.4 cm³/mol. The molecule has 1 aliphatic carbocycles. The van der Waals surface area contributed by atoms with E-state index >= 15 is 0 Å². The standard InChI is InChI=1S/C16H21F2NO/c17-13-6-12(7-14(18)8-13)15-9-19-10-16(11-20-15)4-2-1-3-5-16/h6-8,15,19H,1-5,9-11H2. The molecule has 4 heteroatoms. The summed E-state index contributed by atoms with van der Waals surface area (Å²) in [7, 11) is 0. The van der Waals surface area contributed by atoms with E-state index in [4.69, 9.17) is 4.74 Å². The fraction of sp³-hybridized carbons (Fsp3) is 0.625. The lowest BCUT2D eigenvalue weighted by atomic mass is 9.74. The topological polar surface area (TPSA) is 21.3 Å². The van der Waals surface area contributed by atoms with Crippen molar-refractivity contribution in [2.75, 3.05) is 19.7 Å². The summed E-state index contributed by atoms with van der Waals surface area (Å²) in [5, 5.41) is 3.43. The Morgan fingerprint density at radius 2 is 1.75 bits per heavy atom. The highest BCUT2D eigenvalue weighted by Gasteiger charge is 2.35. The van der Waals surface area contributed by atoms with Gasteiger partial charge in [0.25, 0.3) is 0 Å². The van der Waals surface area contributed by atoms with Crippen molar-refractivity contribution < 1.29 is 13.5 Å². The molecule has 3 rings (SSSR count). The van der Waals surface area contributed by atoms with E-state index in [1.807, 2.05) is 0 Å². The Bertz CT molecular complexity index is 451. The maximum Gasteiger partial charge on any atom is 0.126 e. The van der Waals surface area contributed by atoms with E-state index in [1.165, 1.54) is 44.2 Å². The van der Waals surface area contributed by atoms with E-state index in [0.29, 0.717) is 18.7 Å². The Morgan fingerprint density at radius 1 is 1.05 bits per heavy atom. The highest BCUT2D eigenvalue weighted by Crippen LogP contribution is 2.38. The zero-order chi connectivity index (χ0) is 14.0. The summed E-state index contributed by atoms with van der Waals surface area (Å²) in [4.78, 5) is 0. The second kappa shape index (κ2) is 5.78. The summed E-state index contributed by atoms with van der Waals surface area (Å²) in [6, 6.07) is 3.64. The highest BCUT2D eigenvalue weighted by atomic mass is 19.1. The minimum atomic E-state index is -0.541. The van der Waals surface area contributed by atoms with Crippen molar-refractivity contribution in [3.8, 4) is 0 Å². The number of hydrogen-bond acceptors (Lipinski definition) is 2. The number of benzene rings is 1. The maximum atomic E-state index is 13.3. The molecule has 1 aliphatic heterocycles. The lowest BCUT2D eigenvalue weighted by Gasteiger charge is -2.35. The van der Waals surface area contributed by atoms with Crippen LogP contribution in [0.4, 0.5) is 8.78 Å². The molecule has 1 saturated carbocycles. The molecule has 2 aliphatic rings. The average molecular weight is 281 g/mol. The first-order chi connectivity index (χ1) is 9.67. The van der Waals surface area contributed by atoms with E-state index in [0.717, 1.165) is 12.6 Å². The van der Waals surface area contributed by atoms with E-state index in [-0.39, 0.29) is 11.5 Å². The molecule has 0 amide bonds. The zero-order valence-corrected chi connectivity index (χ0v) is 11.6. The van der Waals surface area contributed by atoms with Crippen LogP contribution in [0, 0.1) is 17.0 Å². The van der Waals surface area contributed by atoms with Crippen molar-refractivity contribution in [1.29, 1.82) is 0 Å². The van der Waals surface area contributed by atoms with Crippen molar-refractivity contribution in [3.05, 3.63) is 35.4 Å². The third-order valence-electron chi connectivity index (χ3n) is 4.59. The van der Waals surface area contributed by atoms with Gasteiger partial charge in [0.1, 0.15) is 11.6 Å². The first-order valence-electron chi connectivity index (χ1n) is 7.45. The molecule has 1 saturated heterocycles. The summed E-state index contributed by atoms with van der Waals surface area (Å²) in [5.74, 6) is -1.08. The van der Waals surface area contributed by atoms with Crippen molar-refractivity contribution in [3.63, 3.8) is 0 Å². The normalized spacial score (nSPS) is 26.4. The molecule has 0 radical (unpaired) electrons. The van der Waals surface area contributed by atoms with E-state index < -0.39 is 11.6 Å². The highest BCUT2D eigenvalue weighted by molar-refractivity contribution is 5.21. The van der Waals surface area contributed by atoms with Crippen LogP contribution < -0.4 is 5.32 Å². The number of halogens is 2. The molecular formula is C16H21F2NO. The van der Waals surface area contributed by atoms with Crippen LogP contribution in [0.15, 0.2) is 18.2 Å². The van der Waals surface area contributed by atoms with Gasteiger partial charge >= 0.3 is 0 Å². The molecule has 1 heterocycles. The Balaban J connectivity index is 1.73. The zero-order valence-electron chi connectivity index (χ0n) is 11.6. The Labute approximate surface area is 118 Å². The van der Waals surface area contributed by atoms with Crippen molar-refractivity contribution in [2.45, 2.75) is 38.2 Å². The quantitative estimate of drug-likeness (QED) is 0.849. The van der Waals surface area contributed by atoms with Gasteiger partial charge in [0.15, 0.2) is 0 Å². The molecule has 2 nitrogen and oxygen atoms in total. The smallest absolute Gasteiger partial charge is 0.126 e. The van der Waals surface area contributed by atoms with E-state index in [9.17, 15) is 8.78 Å². The molecule has 20 heavy (non-hydrogen) atoms. The lowest BCUT2D eigenvalue weighted by Crippen LogP contribution is -2.37. The minimum absolute atomic E-state index is 0.221. The maximum absolute atomic E-state index is 13.3. The number of nitrogens with one attached hydrogen (secondary N) is 1. The average Bonchev–Trinajstić information content (AvgIpc) is 2.62. The minimum Gasteiger partial charge on any atom is -0.372 e. The molecule has 1 spiro atoms. The van der Waals surface area contributed by atoms with Gasteiger partial charge in [0, 0.05) is 24.6 Å². The van der Waals surface area contributed by atoms with Crippen molar-refractivity contribution in [2.24, 2.45) is 5.41 Å². The Morgan fingerprint density at radius 3 is 2.45 bits per heavy atom. The van der Waals surface area contributed by atoms with Gasteiger partial charge in [-0.05, 0) is 30.5 Å². The monoisotopic (exact) mass is 281 g/mol. The molecule has 1 N–H and O–H groups in total. The molecule has 1 atom stereocenters. The summed E-state index contributed by atoms with van der Waals surface area (Å²) < 4.78 is 32.6. The SMILES string of the molecule is Fc1cc(F)cc(C2CNCC3(CCCCC3)CO2)c1. The molecule has 2 fully saturated rings. The molecule has 0 bridgehead atoms. The summed E-state index contributed by atoms with van der Waals surface area (Å²) in [6.07, 6.45) is 5.92. The van der Waals surface area contributed by atoms with Crippen LogP contribution in [0.1, 0.15) is 43.8 Å². The molecule has 110 valence electrons. The number of ether oxygens (including phenoxy) is 1. The first-order valence-corrected chi connectivity index (χ1v) is 7.45. The van der Waals surface area contributed by atoms with Crippen LogP contribution in [0.5, 0.6) is 0 Å². The fourth-order valence-corrected chi connectivity index (χ4v) is 3.45. The van der Waals surface area contributed by atoms with Crippen LogP contribution >= 0.6 is 0 Å². The van der Waals surface area contributed by atoms with Crippen molar-refractivity contribution in [1.82, 2.24) is 5.32 Å². The predicted octanol–water partition coefficient (Wildman–Crippen LogP) is 3.58. The molecule has 0 aromatic heterocycles. The van der Waals surface area contributed by atoms with Crippen LogP contribution in [0.3, 0.4) is 0 Å². The van der Waals surface area contributed by atoms with Crippen LogP contribution in [0.2, 0.25) is 0 Å². The second-order valence-corrected chi connectivity index (χ2v) is 6.19. The third-order valence-corrected chi connectivity index (χ3v) is 4.59. The van der Waals surface area contributed by atoms with Crippen LogP contribution in [-0.4, -0.2) is 19.7 Å².